The Balaban J connectivity index is 1.69. The summed E-state index contributed by atoms with van der Waals surface area (Å²) >= 11 is 0. The van der Waals surface area contributed by atoms with Crippen molar-refractivity contribution in [1.29, 1.82) is 0 Å². The highest BCUT2D eigenvalue weighted by Crippen LogP contribution is 2.43. The van der Waals surface area contributed by atoms with E-state index in [2.05, 4.69) is 102 Å². The van der Waals surface area contributed by atoms with E-state index in [-0.39, 0.29) is 17.2 Å². The van der Waals surface area contributed by atoms with Gasteiger partial charge in [-0.2, -0.15) is 0 Å². The van der Waals surface area contributed by atoms with Gasteiger partial charge in [0.1, 0.15) is 6.61 Å². The first-order valence-electron chi connectivity index (χ1n) is 12.6. The molecule has 1 aliphatic rings. The molecule has 2 aromatic rings. The van der Waals surface area contributed by atoms with Crippen LogP contribution in [0, 0.1) is 5.92 Å². The number of carbonyl (C=O) groups is 1. The largest absolute Gasteiger partial charge is 0.448 e. The van der Waals surface area contributed by atoms with Gasteiger partial charge in [-0.05, 0) is 59.4 Å². The van der Waals surface area contributed by atoms with E-state index in [1.54, 1.807) is 4.90 Å². The van der Waals surface area contributed by atoms with Crippen LogP contribution in [-0.4, -0.2) is 32.5 Å². The van der Waals surface area contributed by atoms with Gasteiger partial charge in [-0.3, -0.25) is 0 Å². The summed E-state index contributed by atoms with van der Waals surface area (Å²) in [6, 6.07) is 16.9. The first-order valence-corrected chi connectivity index (χ1v) is 15.5. The number of nitrogens with one attached hydrogen (secondary N) is 1. The normalized spacial score (nSPS) is 15.5. The standard InChI is InChI=1S/C28H42N2O3Si/c1-8-22(9-2)26(33-34(6,7)28(3,4)5)23-12-16-25(17-13-23)29-24-14-10-21(11-15-24)20-30-18-19-32-27(30)31/h10-17,22,26,29H,8-9,18-20H2,1-7H3. The van der Waals surface area contributed by atoms with Crippen LogP contribution in [0.2, 0.25) is 18.1 Å². The van der Waals surface area contributed by atoms with Crippen molar-refractivity contribution in [2.45, 2.75) is 78.2 Å². The van der Waals surface area contributed by atoms with Gasteiger partial charge in [0.05, 0.1) is 12.6 Å². The zero-order valence-electron chi connectivity index (χ0n) is 22.0. The smallest absolute Gasteiger partial charge is 0.410 e. The van der Waals surface area contributed by atoms with Crippen LogP contribution in [0.5, 0.6) is 0 Å². The molecule has 0 aliphatic carbocycles. The molecule has 3 rings (SSSR count). The van der Waals surface area contributed by atoms with E-state index < -0.39 is 8.32 Å². The van der Waals surface area contributed by atoms with Gasteiger partial charge in [-0.15, -0.1) is 0 Å². The summed E-state index contributed by atoms with van der Waals surface area (Å²) in [5.74, 6) is 0.508. The van der Waals surface area contributed by atoms with Crippen molar-refractivity contribution in [3.05, 3.63) is 59.7 Å². The molecule has 0 spiro atoms. The monoisotopic (exact) mass is 482 g/mol. The molecule has 1 unspecified atom stereocenters. The molecule has 1 amide bonds. The molecule has 1 fully saturated rings. The number of ether oxygens (including phenoxy) is 1. The Morgan fingerprint density at radius 3 is 2.03 bits per heavy atom. The molecule has 0 saturated carbocycles. The number of benzene rings is 2. The van der Waals surface area contributed by atoms with Gasteiger partial charge in [0.25, 0.3) is 0 Å². The summed E-state index contributed by atoms with van der Waals surface area (Å²) in [7, 11) is -1.89. The molecule has 186 valence electrons. The second kappa shape index (κ2) is 11.0. The predicted molar refractivity (Wildman–Crippen MR) is 143 cm³/mol. The Bertz CT molecular complexity index is 932. The maximum Gasteiger partial charge on any atom is 0.410 e. The number of hydrogen-bond donors (Lipinski definition) is 1. The van der Waals surface area contributed by atoms with Crippen molar-refractivity contribution in [3.8, 4) is 0 Å². The molecule has 1 atom stereocenters. The van der Waals surface area contributed by atoms with E-state index in [0.717, 1.165) is 29.8 Å². The maximum atomic E-state index is 11.7. The van der Waals surface area contributed by atoms with Crippen LogP contribution < -0.4 is 5.32 Å². The molecule has 1 N–H and O–H groups in total. The Labute approximate surface area is 207 Å². The lowest BCUT2D eigenvalue weighted by Gasteiger charge is -2.41. The molecule has 0 bridgehead atoms. The van der Waals surface area contributed by atoms with E-state index in [0.29, 0.717) is 25.6 Å². The van der Waals surface area contributed by atoms with Crippen LogP contribution in [0.15, 0.2) is 48.5 Å². The topological polar surface area (TPSA) is 50.8 Å². The molecule has 0 radical (unpaired) electrons. The van der Waals surface area contributed by atoms with Crippen LogP contribution in [0.1, 0.15) is 64.7 Å². The quantitative estimate of drug-likeness (QED) is 0.350. The molecule has 5 nitrogen and oxygen atoms in total. The minimum atomic E-state index is -1.89. The van der Waals surface area contributed by atoms with Gasteiger partial charge in [0, 0.05) is 17.9 Å². The van der Waals surface area contributed by atoms with Crippen LogP contribution in [-0.2, 0) is 15.7 Å². The lowest BCUT2D eigenvalue weighted by Crippen LogP contribution is -2.43. The Hall–Kier alpha value is -2.31. The molecule has 34 heavy (non-hydrogen) atoms. The number of anilines is 2. The van der Waals surface area contributed by atoms with E-state index in [1.807, 2.05) is 0 Å². The molecule has 1 aliphatic heterocycles. The minimum absolute atomic E-state index is 0.126. The average Bonchev–Trinajstić information content (AvgIpc) is 3.19. The number of nitrogens with zero attached hydrogens (tertiary/aromatic N) is 1. The number of hydrogen-bond acceptors (Lipinski definition) is 4. The number of cyclic esters (lactones) is 1. The molecule has 1 heterocycles. The van der Waals surface area contributed by atoms with Gasteiger partial charge in [0.2, 0.25) is 0 Å². The highest BCUT2D eigenvalue weighted by Gasteiger charge is 2.40. The summed E-state index contributed by atoms with van der Waals surface area (Å²) in [5.41, 5.74) is 4.43. The van der Waals surface area contributed by atoms with Gasteiger partial charge in [-0.1, -0.05) is 71.7 Å². The zero-order valence-corrected chi connectivity index (χ0v) is 23.0. The summed E-state index contributed by atoms with van der Waals surface area (Å²) in [5, 5.41) is 3.67. The van der Waals surface area contributed by atoms with E-state index in [1.165, 1.54) is 5.56 Å². The first kappa shape index (κ1) is 26.3. The molecule has 6 heteroatoms. The van der Waals surface area contributed by atoms with Gasteiger partial charge in [0.15, 0.2) is 8.32 Å². The fraction of sp³-hybridized carbons (Fsp3) is 0.536. The van der Waals surface area contributed by atoms with Gasteiger partial charge < -0.3 is 19.4 Å². The summed E-state index contributed by atoms with van der Waals surface area (Å²) in [4.78, 5) is 13.4. The van der Waals surface area contributed by atoms with Gasteiger partial charge >= 0.3 is 6.09 Å². The fourth-order valence-electron chi connectivity index (χ4n) is 4.05. The van der Waals surface area contributed by atoms with Gasteiger partial charge in [-0.25, -0.2) is 4.79 Å². The van der Waals surface area contributed by atoms with E-state index in [9.17, 15) is 4.79 Å². The van der Waals surface area contributed by atoms with Crippen molar-refractivity contribution in [2.24, 2.45) is 5.92 Å². The maximum absolute atomic E-state index is 11.7. The van der Waals surface area contributed by atoms with E-state index >= 15 is 0 Å². The van der Waals surface area contributed by atoms with Crippen LogP contribution >= 0.6 is 0 Å². The number of amides is 1. The van der Waals surface area contributed by atoms with Crippen molar-refractivity contribution >= 4 is 25.8 Å². The van der Waals surface area contributed by atoms with Crippen molar-refractivity contribution in [3.63, 3.8) is 0 Å². The van der Waals surface area contributed by atoms with Crippen molar-refractivity contribution < 1.29 is 14.0 Å². The Morgan fingerprint density at radius 1 is 1.00 bits per heavy atom. The summed E-state index contributed by atoms with van der Waals surface area (Å²) in [6.45, 7) is 17.8. The highest BCUT2D eigenvalue weighted by atomic mass is 28.4. The van der Waals surface area contributed by atoms with Crippen LogP contribution in [0.3, 0.4) is 0 Å². The molecular weight excluding hydrogens is 440 g/mol. The lowest BCUT2D eigenvalue weighted by molar-refractivity contribution is 0.112. The Morgan fingerprint density at radius 2 is 1.56 bits per heavy atom. The number of carbonyl (C=O) groups excluding carboxylic acids is 1. The third-order valence-electron chi connectivity index (χ3n) is 7.40. The molecule has 0 aromatic heterocycles. The highest BCUT2D eigenvalue weighted by molar-refractivity contribution is 6.74. The number of rotatable bonds is 10. The third kappa shape index (κ3) is 6.42. The minimum Gasteiger partial charge on any atom is -0.448 e. The second-order valence-corrected chi connectivity index (χ2v) is 15.6. The lowest BCUT2D eigenvalue weighted by atomic mass is 9.91. The molecule has 2 aromatic carbocycles. The summed E-state index contributed by atoms with van der Waals surface area (Å²) < 4.78 is 12.0. The fourth-order valence-corrected chi connectivity index (χ4v) is 5.37. The first-order chi connectivity index (χ1) is 16.0. The van der Waals surface area contributed by atoms with Crippen molar-refractivity contribution in [2.75, 3.05) is 18.5 Å². The van der Waals surface area contributed by atoms with Crippen LogP contribution in [0.4, 0.5) is 16.2 Å². The average molecular weight is 483 g/mol. The second-order valence-electron chi connectivity index (χ2n) is 10.9. The van der Waals surface area contributed by atoms with Crippen LogP contribution in [0.25, 0.3) is 0 Å². The predicted octanol–water partition coefficient (Wildman–Crippen LogP) is 7.88. The Kier molecular flexibility index (Phi) is 8.47. The van der Waals surface area contributed by atoms with E-state index in [4.69, 9.17) is 9.16 Å². The SMILES string of the molecule is CCC(CC)C(O[Si](C)(C)C(C)(C)C)c1ccc(Nc2ccc(CN3CCOC3=O)cc2)cc1. The molecular formula is C28H42N2O3Si. The summed E-state index contributed by atoms with van der Waals surface area (Å²) in [6.07, 6.45) is 2.11. The molecule has 1 saturated heterocycles. The van der Waals surface area contributed by atoms with Crippen molar-refractivity contribution in [1.82, 2.24) is 4.90 Å². The third-order valence-corrected chi connectivity index (χ3v) is 11.9. The zero-order chi connectivity index (χ0) is 24.9.